The third kappa shape index (κ3) is 1.91. The van der Waals surface area contributed by atoms with Gasteiger partial charge in [-0.05, 0) is 36.2 Å². The molecular formula is C14H13FO. The van der Waals surface area contributed by atoms with E-state index in [9.17, 15) is 4.39 Å². The van der Waals surface area contributed by atoms with Crippen LogP contribution in [-0.2, 0) is 0 Å². The molecule has 82 valence electrons. The highest BCUT2D eigenvalue weighted by molar-refractivity contribution is 5.66. The first-order chi connectivity index (χ1) is 7.72. The van der Waals surface area contributed by atoms with E-state index in [1.54, 1.807) is 19.2 Å². The molecule has 2 rings (SSSR count). The van der Waals surface area contributed by atoms with Gasteiger partial charge in [-0.2, -0.15) is 0 Å². The van der Waals surface area contributed by atoms with Gasteiger partial charge in [0.25, 0.3) is 0 Å². The first-order valence-corrected chi connectivity index (χ1v) is 5.12. The number of halogens is 1. The van der Waals surface area contributed by atoms with Crippen LogP contribution in [-0.4, -0.2) is 7.11 Å². The van der Waals surface area contributed by atoms with E-state index < -0.39 is 0 Å². The quantitative estimate of drug-likeness (QED) is 0.741. The third-order valence-corrected chi connectivity index (χ3v) is 2.58. The van der Waals surface area contributed by atoms with Gasteiger partial charge >= 0.3 is 0 Å². The smallest absolute Gasteiger partial charge is 0.131 e. The van der Waals surface area contributed by atoms with Crippen molar-refractivity contribution in [3.8, 4) is 16.9 Å². The Morgan fingerprint density at radius 2 is 1.81 bits per heavy atom. The molecule has 2 aromatic rings. The lowest BCUT2D eigenvalue weighted by atomic mass is 10.0. The Morgan fingerprint density at radius 3 is 2.44 bits per heavy atom. The lowest BCUT2D eigenvalue weighted by Gasteiger charge is -2.08. The Labute approximate surface area is 94.5 Å². The molecule has 0 aliphatic heterocycles. The van der Waals surface area contributed by atoms with Gasteiger partial charge in [0.15, 0.2) is 0 Å². The maximum Gasteiger partial charge on any atom is 0.131 e. The lowest BCUT2D eigenvalue weighted by molar-refractivity contribution is 0.412. The molecule has 2 aromatic carbocycles. The normalized spacial score (nSPS) is 10.2. The van der Waals surface area contributed by atoms with Gasteiger partial charge in [-0.3, -0.25) is 0 Å². The van der Waals surface area contributed by atoms with Gasteiger partial charge in [0.2, 0.25) is 0 Å². The van der Waals surface area contributed by atoms with Crippen LogP contribution >= 0.6 is 0 Å². The largest absolute Gasteiger partial charge is 0.496 e. The predicted molar refractivity (Wildman–Crippen MR) is 63.1 cm³/mol. The van der Waals surface area contributed by atoms with E-state index >= 15 is 0 Å². The summed E-state index contributed by atoms with van der Waals surface area (Å²) in [5.74, 6) is 0.618. The average molecular weight is 216 g/mol. The Kier molecular flexibility index (Phi) is 2.91. The van der Waals surface area contributed by atoms with Crippen LogP contribution in [0.2, 0.25) is 0 Å². The van der Waals surface area contributed by atoms with Gasteiger partial charge in [0.05, 0.1) is 7.11 Å². The minimum absolute atomic E-state index is 0.202. The summed E-state index contributed by atoms with van der Waals surface area (Å²) in [6, 6.07) is 12.4. The summed E-state index contributed by atoms with van der Waals surface area (Å²) in [5, 5.41) is 0. The molecule has 0 bridgehead atoms. The number of aryl methyl sites for hydroxylation is 1. The Morgan fingerprint density at radius 1 is 1.06 bits per heavy atom. The predicted octanol–water partition coefficient (Wildman–Crippen LogP) is 3.81. The Hall–Kier alpha value is -1.83. The number of rotatable bonds is 2. The van der Waals surface area contributed by atoms with Crippen molar-refractivity contribution < 1.29 is 9.13 Å². The van der Waals surface area contributed by atoms with E-state index in [2.05, 4.69) is 0 Å². The molecule has 0 N–H and O–H groups in total. The topological polar surface area (TPSA) is 9.23 Å². The summed E-state index contributed by atoms with van der Waals surface area (Å²) in [7, 11) is 1.63. The molecule has 0 amide bonds. The molecule has 1 nitrogen and oxygen atoms in total. The second-order valence-corrected chi connectivity index (χ2v) is 3.66. The van der Waals surface area contributed by atoms with Crippen LogP contribution in [0, 0.1) is 12.7 Å². The monoisotopic (exact) mass is 216 g/mol. The van der Waals surface area contributed by atoms with Crippen molar-refractivity contribution in [3.05, 3.63) is 53.8 Å². The van der Waals surface area contributed by atoms with Gasteiger partial charge in [0, 0.05) is 5.56 Å². The van der Waals surface area contributed by atoms with Gasteiger partial charge < -0.3 is 4.74 Å². The van der Waals surface area contributed by atoms with Crippen molar-refractivity contribution in [1.82, 2.24) is 0 Å². The van der Waals surface area contributed by atoms with Gasteiger partial charge in [-0.15, -0.1) is 0 Å². The van der Waals surface area contributed by atoms with Crippen LogP contribution in [0.4, 0.5) is 4.39 Å². The summed E-state index contributed by atoms with van der Waals surface area (Å²) >= 11 is 0. The molecule has 2 heteroatoms. The van der Waals surface area contributed by atoms with E-state index in [4.69, 9.17) is 4.74 Å². The van der Waals surface area contributed by atoms with Gasteiger partial charge in [0.1, 0.15) is 11.6 Å². The van der Waals surface area contributed by atoms with Crippen molar-refractivity contribution >= 4 is 0 Å². The van der Waals surface area contributed by atoms with E-state index in [-0.39, 0.29) is 5.82 Å². The van der Waals surface area contributed by atoms with Crippen LogP contribution < -0.4 is 4.74 Å². The van der Waals surface area contributed by atoms with Crippen LogP contribution in [0.3, 0.4) is 0 Å². The molecular weight excluding hydrogens is 203 g/mol. The lowest BCUT2D eigenvalue weighted by Crippen LogP contribution is -1.89. The highest BCUT2D eigenvalue weighted by atomic mass is 19.1. The van der Waals surface area contributed by atoms with Crippen molar-refractivity contribution in [2.45, 2.75) is 6.92 Å². The molecule has 0 unspecified atom stereocenters. The molecule has 0 spiro atoms. The van der Waals surface area contributed by atoms with Crippen molar-refractivity contribution in [1.29, 1.82) is 0 Å². The maximum absolute atomic E-state index is 13.6. The average Bonchev–Trinajstić information content (AvgIpc) is 2.29. The minimum atomic E-state index is -0.202. The number of hydrogen-bond donors (Lipinski definition) is 0. The molecule has 0 radical (unpaired) electrons. The molecule has 0 aromatic heterocycles. The van der Waals surface area contributed by atoms with Crippen LogP contribution in [0.15, 0.2) is 42.5 Å². The highest BCUT2D eigenvalue weighted by Crippen LogP contribution is 2.27. The number of methoxy groups -OCH3 is 1. The summed E-state index contributed by atoms with van der Waals surface area (Å²) in [4.78, 5) is 0. The molecule has 0 saturated heterocycles. The molecule has 0 heterocycles. The zero-order valence-electron chi connectivity index (χ0n) is 9.33. The zero-order chi connectivity index (χ0) is 11.5. The van der Waals surface area contributed by atoms with E-state index in [0.29, 0.717) is 5.56 Å². The van der Waals surface area contributed by atoms with E-state index in [1.165, 1.54) is 6.07 Å². The molecule has 0 fully saturated rings. The molecule has 0 atom stereocenters. The Balaban J connectivity index is 2.50. The second kappa shape index (κ2) is 4.35. The highest BCUT2D eigenvalue weighted by Gasteiger charge is 2.05. The maximum atomic E-state index is 13.6. The van der Waals surface area contributed by atoms with Gasteiger partial charge in [-0.25, -0.2) is 4.39 Å². The first-order valence-electron chi connectivity index (χ1n) is 5.12. The van der Waals surface area contributed by atoms with Gasteiger partial charge in [-0.1, -0.05) is 24.3 Å². The summed E-state index contributed by atoms with van der Waals surface area (Å²) in [6.45, 7) is 1.95. The fourth-order valence-electron chi connectivity index (χ4n) is 1.74. The Bertz CT molecular complexity index is 506. The molecule has 0 aliphatic carbocycles. The summed E-state index contributed by atoms with van der Waals surface area (Å²) in [5.41, 5.74) is 2.49. The van der Waals surface area contributed by atoms with E-state index in [0.717, 1.165) is 16.9 Å². The van der Waals surface area contributed by atoms with Crippen molar-refractivity contribution in [2.75, 3.05) is 7.11 Å². The number of ether oxygens (including phenoxy) is 1. The third-order valence-electron chi connectivity index (χ3n) is 2.58. The zero-order valence-corrected chi connectivity index (χ0v) is 9.33. The fourth-order valence-corrected chi connectivity index (χ4v) is 1.74. The fraction of sp³-hybridized carbons (Fsp3) is 0.143. The molecule has 16 heavy (non-hydrogen) atoms. The second-order valence-electron chi connectivity index (χ2n) is 3.66. The molecule has 0 saturated carbocycles. The van der Waals surface area contributed by atoms with Crippen LogP contribution in [0.25, 0.3) is 11.1 Å². The summed E-state index contributed by atoms with van der Waals surface area (Å²) < 4.78 is 18.7. The van der Waals surface area contributed by atoms with Crippen molar-refractivity contribution in [2.24, 2.45) is 0 Å². The minimum Gasteiger partial charge on any atom is -0.496 e. The van der Waals surface area contributed by atoms with Crippen molar-refractivity contribution in [3.63, 3.8) is 0 Å². The number of hydrogen-bond acceptors (Lipinski definition) is 1. The number of benzene rings is 2. The first kappa shape index (κ1) is 10.7. The summed E-state index contributed by atoms with van der Waals surface area (Å²) in [6.07, 6.45) is 0. The molecule has 0 aliphatic rings. The standard InChI is InChI=1S/C14H13FO/c1-10-9-11(7-8-14(10)16-2)12-5-3-4-6-13(12)15/h3-9H,1-2H3. The van der Waals surface area contributed by atoms with E-state index in [1.807, 2.05) is 31.2 Å². The SMILES string of the molecule is COc1ccc(-c2ccccc2F)cc1C. The van der Waals surface area contributed by atoms with Crippen LogP contribution in [0.5, 0.6) is 5.75 Å². The van der Waals surface area contributed by atoms with Crippen LogP contribution in [0.1, 0.15) is 5.56 Å².